The van der Waals surface area contributed by atoms with Gasteiger partial charge in [0.15, 0.2) is 5.82 Å². The minimum atomic E-state index is -2.62. The summed E-state index contributed by atoms with van der Waals surface area (Å²) < 4.78 is 21.9. The minimum Gasteiger partial charge on any atom is -0.267 e. The number of aromatic amines is 1. The van der Waals surface area contributed by atoms with Crippen LogP contribution >= 0.6 is 0 Å². The van der Waals surface area contributed by atoms with Crippen molar-refractivity contribution in [3.8, 4) is 0 Å². The SMILES string of the molecule is O=[SH](=O)Nc1c[nH]nn1. The van der Waals surface area contributed by atoms with Crippen LogP contribution in [0.4, 0.5) is 5.82 Å². The van der Waals surface area contributed by atoms with Gasteiger partial charge in [0.1, 0.15) is 0 Å². The molecule has 1 aromatic heterocycles. The van der Waals surface area contributed by atoms with E-state index in [-0.39, 0.29) is 5.82 Å². The van der Waals surface area contributed by atoms with E-state index >= 15 is 0 Å². The first-order valence-electron chi connectivity index (χ1n) is 2.06. The highest BCUT2D eigenvalue weighted by Gasteiger charge is 1.90. The number of hydrogen-bond acceptors (Lipinski definition) is 4. The Morgan fingerprint density at radius 3 is 2.89 bits per heavy atom. The van der Waals surface area contributed by atoms with E-state index in [9.17, 15) is 8.42 Å². The predicted molar refractivity (Wildman–Crippen MR) is 30.3 cm³/mol. The average Bonchev–Trinajstić information content (AvgIpc) is 2.15. The molecule has 1 rings (SSSR count). The number of nitrogens with zero attached hydrogens (tertiary/aromatic N) is 2. The molecule has 0 radical (unpaired) electrons. The van der Waals surface area contributed by atoms with E-state index in [1.165, 1.54) is 6.20 Å². The number of aromatic nitrogens is 3. The van der Waals surface area contributed by atoms with Crippen LogP contribution < -0.4 is 4.72 Å². The molecule has 0 bridgehead atoms. The second-order valence-electron chi connectivity index (χ2n) is 1.23. The van der Waals surface area contributed by atoms with Crippen molar-refractivity contribution in [3.63, 3.8) is 0 Å². The van der Waals surface area contributed by atoms with Gasteiger partial charge in [0.2, 0.25) is 10.9 Å². The zero-order valence-electron chi connectivity index (χ0n) is 4.24. The molecule has 7 heteroatoms. The van der Waals surface area contributed by atoms with Crippen molar-refractivity contribution < 1.29 is 8.42 Å². The summed E-state index contributed by atoms with van der Waals surface area (Å²) in [7, 11) is -2.62. The van der Waals surface area contributed by atoms with Gasteiger partial charge in [-0.15, -0.1) is 5.10 Å². The summed E-state index contributed by atoms with van der Waals surface area (Å²) in [6, 6.07) is 0. The van der Waals surface area contributed by atoms with Gasteiger partial charge in [-0.05, 0) is 0 Å². The van der Waals surface area contributed by atoms with Crippen LogP contribution in [0.3, 0.4) is 0 Å². The Balaban J connectivity index is 2.68. The summed E-state index contributed by atoms with van der Waals surface area (Å²) in [5.41, 5.74) is 0. The highest BCUT2D eigenvalue weighted by molar-refractivity contribution is 7.73. The van der Waals surface area contributed by atoms with Gasteiger partial charge in [-0.2, -0.15) is 0 Å². The molecule has 1 aromatic rings. The molecule has 0 aliphatic heterocycles. The van der Waals surface area contributed by atoms with Crippen LogP contribution in [0, 0.1) is 0 Å². The Bertz CT molecular complexity index is 231. The molecule has 0 unspecified atom stereocenters. The number of hydrogen-bond donors (Lipinski definition) is 3. The molecule has 6 nitrogen and oxygen atoms in total. The third-order valence-electron chi connectivity index (χ3n) is 0.623. The van der Waals surface area contributed by atoms with Gasteiger partial charge in [0.05, 0.1) is 6.20 Å². The Hall–Kier alpha value is -1.11. The summed E-state index contributed by atoms with van der Waals surface area (Å²) >= 11 is 0. The van der Waals surface area contributed by atoms with Crippen molar-refractivity contribution in [2.45, 2.75) is 0 Å². The van der Waals surface area contributed by atoms with E-state index in [2.05, 4.69) is 15.4 Å². The zero-order chi connectivity index (χ0) is 6.69. The lowest BCUT2D eigenvalue weighted by Gasteiger charge is -1.83. The van der Waals surface area contributed by atoms with Crippen molar-refractivity contribution in [3.05, 3.63) is 6.20 Å². The van der Waals surface area contributed by atoms with Crippen molar-refractivity contribution >= 4 is 16.7 Å². The van der Waals surface area contributed by atoms with Gasteiger partial charge in [-0.25, -0.2) is 8.42 Å². The van der Waals surface area contributed by atoms with E-state index in [1.807, 2.05) is 4.72 Å². The molecule has 0 aliphatic carbocycles. The van der Waals surface area contributed by atoms with E-state index in [4.69, 9.17) is 0 Å². The molecule has 0 fully saturated rings. The van der Waals surface area contributed by atoms with Crippen molar-refractivity contribution in [2.75, 3.05) is 4.72 Å². The maximum atomic E-state index is 9.91. The van der Waals surface area contributed by atoms with Crippen LogP contribution in [0.2, 0.25) is 0 Å². The summed E-state index contributed by atoms with van der Waals surface area (Å²) in [6.45, 7) is 0. The normalized spacial score (nSPS) is 9.89. The Labute approximate surface area is 52.4 Å². The highest BCUT2D eigenvalue weighted by Crippen LogP contribution is 1.92. The maximum Gasteiger partial charge on any atom is 0.223 e. The van der Waals surface area contributed by atoms with Gasteiger partial charge >= 0.3 is 0 Å². The van der Waals surface area contributed by atoms with Gasteiger partial charge < -0.3 is 0 Å². The Kier molecular flexibility index (Phi) is 1.63. The average molecular weight is 148 g/mol. The number of nitrogens with one attached hydrogen (secondary N) is 2. The van der Waals surface area contributed by atoms with Gasteiger partial charge in [-0.3, -0.25) is 9.82 Å². The van der Waals surface area contributed by atoms with Crippen LogP contribution in [0.15, 0.2) is 6.20 Å². The fourth-order valence-electron chi connectivity index (χ4n) is 0.350. The van der Waals surface area contributed by atoms with E-state index in [0.717, 1.165) is 0 Å². The molecule has 0 amide bonds. The highest BCUT2D eigenvalue weighted by atomic mass is 32.2. The molecule has 1 heterocycles. The van der Waals surface area contributed by atoms with Gasteiger partial charge in [-0.1, -0.05) is 5.21 Å². The minimum absolute atomic E-state index is 0.200. The van der Waals surface area contributed by atoms with E-state index in [1.54, 1.807) is 0 Å². The zero-order valence-corrected chi connectivity index (χ0v) is 5.13. The molecule has 0 saturated heterocycles. The van der Waals surface area contributed by atoms with Gasteiger partial charge in [0, 0.05) is 0 Å². The lowest BCUT2D eigenvalue weighted by Crippen LogP contribution is -1.94. The summed E-state index contributed by atoms with van der Waals surface area (Å²) in [5.74, 6) is 0.200. The number of anilines is 1. The van der Waals surface area contributed by atoms with Crippen LogP contribution in [0.1, 0.15) is 0 Å². The standard InChI is InChI=1S/C2H4N4O2S/c7-9(8)5-2-1-3-6-4-2/h1,9H,(H2,3,4,5,6,7,8). The molecule has 0 aromatic carbocycles. The first-order valence-corrected chi connectivity index (χ1v) is 3.24. The second-order valence-corrected chi connectivity index (χ2v) is 1.97. The van der Waals surface area contributed by atoms with Crippen LogP contribution in [0.25, 0.3) is 0 Å². The summed E-state index contributed by atoms with van der Waals surface area (Å²) in [5, 5.41) is 8.97. The third kappa shape index (κ3) is 1.68. The number of thiol groups is 1. The second kappa shape index (κ2) is 2.44. The molecule has 9 heavy (non-hydrogen) atoms. The maximum absolute atomic E-state index is 9.91. The smallest absolute Gasteiger partial charge is 0.223 e. The molecule has 0 atom stereocenters. The number of H-pyrrole nitrogens is 1. The Morgan fingerprint density at radius 1 is 1.67 bits per heavy atom. The monoisotopic (exact) mass is 148 g/mol. The largest absolute Gasteiger partial charge is 0.267 e. The molecular formula is C2H4N4O2S. The number of rotatable bonds is 2. The molecule has 0 saturated carbocycles. The summed E-state index contributed by atoms with van der Waals surface area (Å²) in [6.07, 6.45) is 1.34. The first kappa shape index (κ1) is 6.02. The van der Waals surface area contributed by atoms with Crippen LogP contribution in [-0.2, 0) is 10.9 Å². The van der Waals surface area contributed by atoms with Crippen molar-refractivity contribution in [1.82, 2.24) is 15.4 Å². The first-order chi connectivity index (χ1) is 4.29. The third-order valence-corrected chi connectivity index (χ3v) is 1.03. The van der Waals surface area contributed by atoms with E-state index in [0.29, 0.717) is 0 Å². The lowest BCUT2D eigenvalue weighted by atomic mass is 10.8. The molecular weight excluding hydrogens is 144 g/mol. The quantitative estimate of drug-likeness (QED) is 0.457. The molecule has 2 N–H and O–H groups in total. The lowest BCUT2D eigenvalue weighted by molar-refractivity contribution is 0.619. The van der Waals surface area contributed by atoms with Crippen LogP contribution in [-0.4, -0.2) is 23.8 Å². The van der Waals surface area contributed by atoms with Crippen LogP contribution in [0.5, 0.6) is 0 Å². The molecule has 50 valence electrons. The fourth-order valence-corrected chi connectivity index (χ4v) is 0.646. The predicted octanol–water partition coefficient (Wildman–Crippen LogP) is -1.26. The summed E-state index contributed by atoms with van der Waals surface area (Å²) in [4.78, 5) is 0. The molecule has 0 aliphatic rings. The fraction of sp³-hybridized carbons (Fsp3) is 0. The van der Waals surface area contributed by atoms with E-state index < -0.39 is 10.9 Å². The van der Waals surface area contributed by atoms with Crippen molar-refractivity contribution in [2.24, 2.45) is 0 Å². The van der Waals surface area contributed by atoms with Gasteiger partial charge in [0.25, 0.3) is 0 Å². The topological polar surface area (TPSA) is 87.7 Å². The Morgan fingerprint density at radius 2 is 2.44 bits per heavy atom. The molecule has 0 spiro atoms. The van der Waals surface area contributed by atoms with Crippen molar-refractivity contribution in [1.29, 1.82) is 0 Å².